The Morgan fingerprint density at radius 1 is 1.32 bits per heavy atom. The molecule has 0 aromatic carbocycles. The molecule has 2 heterocycles. The van der Waals surface area contributed by atoms with Gasteiger partial charge in [-0.3, -0.25) is 9.69 Å². The number of amides is 1. The van der Waals surface area contributed by atoms with Gasteiger partial charge in [0, 0.05) is 25.2 Å². The van der Waals surface area contributed by atoms with Crippen LogP contribution in [0.3, 0.4) is 0 Å². The lowest BCUT2D eigenvalue weighted by Crippen LogP contribution is -2.53. The fourth-order valence-corrected chi connectivity index (χ4v) is 3.22. The summed E-state index contributed by atoms with van der Waals surface area (Å²) in [6.45, 7) is 6.80. The number of hydrogen-bond donors (Lipinski definition) is 1. The van der Waals surface area contributed by atoms with Crippen LogP contribution < -0.4 is 0 Å². The molecule has 0 aliphatic carbocycles. The van der Waals surface area contributed by atoms with E-state index in [1.165, 1.54) is 6.42 Å². The summed E-state index contributed by atoms with van der Waals surface area (Å²) in [5.41, 5.74) is 0. The van der Waals surface area contributed by atoms with Crippen LogP contribution in [0.15, 0.2) is 0 Å². The summed E-state index contributed by atoms with van der Waals surface area (Å²) < 4.78 is 5.41. The van der Waals surface area contributed by atoms with Crippen molar-refractivity contribution >= 4 is 5.91 Å². The second kappa shape index (κ2) is 6.68. The molecule has 2 aliphatic heterocycles. The average molecular weight is 270 g/mol. The monoisotopic (exact) mass is 270 g/mol. The van der Waals surface area contributed by atoms with Crippen LogP contribution in [0.5, 0.6) is 0 Å². The SMILES string of the molecule is CC1CCCC(C)N1C(=O)CN1CCOC(CO)C1. The van der Waals surface area contributed by atoms with Crippen molar-refractivity contribution in [1.82, 2.24) is 9.80 Å². The Labute approximate surface area is 115 Å². The third kappa shape index (κ3) is 3.68. The minimum Gasteiger partial charge on any atom is -0.394 e. The largest absolute Gasteiger partial charge is 0.394 e. The molecule has 0 radical (unpaired) electrons. The number of aliphatic hydroxyl groups is 1. The van der Waals surface area contributed by atoms with E-state index in [1.807, 2.05) is 4.90 Å². The van der Waals surface area contributed by atoms with Gasteiger partial charge in [0.05, 0.1) is 25.9 Å². The molecule has 110 valence electrons. The Morgan fingerprint density at radius 3 is 2.63 bits per heavy atom. The van der Waals surface area contributed by atoms with Gasteiger partial charge in [0.1, 0.15) is 0 Å². The van der Waals surface area contributed by atoms with Crippen LogP contribution in [0.25, 0.3) is 0 Å². The second-order valence-electron chi connectivity index (χ2n) is 5.84. The van der Waals surface area contributed by atoms with Crippen LogP contribution in [0.2, 0.25) is 0 Å². The van der Waals surface area contributed by atoms with Gasteiger partial charge in [-0.15, -0.1) is 0 Å². The molecule has 0 saturated carbocycles. The van der Waals surface area contributed by atoms with Crippen molar-refractivity contribution < 1.29 is 14.6 Å². The van der Waals surface area contributed by atoms with Gasteiger partial charge in [-0.1, -0.05) is 0 Å². The van der Waals surface area contributed by atoms with Crippen molar-refractivity contribution in [3.05, 3.63) is 0 Å². The molecule has 1 amide bonds. The van der Waals surface area contributed by atoms with Crippen LogP contribution in [0, 0.1) is 0 Å². The molecular formula is C14H26N2O3. The van der Waals surface area contributed by atoms with E-state index in [0.717, 1.165) is 19.4 Å². The van der Waals surface area contributed by atoms with E-state index in [9.17, 15) is 4.79 Å². The van der Waals surface area contributed by atoms with Gasteiger partial charge >= 0.3 is 0 Å². The molecule has 3 unspecified atom stereocenters. The molecule has 2 rings (SSSR count). The number of nitrogens with zero attached hydrogens (tertiary/aromatic N) is 2. The number of hydrogen-bond acceptors (Lipinski definition) is 4. The van der Waals surface area contributed by atoms with Crippen molar-refractivity contribution in [3.8, 4) is 0 Å². The summed E-state index contributed by atoms with van der Waals surface area (Å²) in [7, 11) is 0. The summed E-state index contributed by atoms with van der Waals surface area (Å²) in [6, 6.07) is 0.705. The van der Waals surface area contributed by atoms with E-state index in [-0.39, 0.29) is 18.6 Å². The van der Waals surface area contributed by atoms with Crippen molar-refractivity contribution in [1.29, 1.82) is 0 Å². The number of morpholine rings is 1. The van der Waals surface area contributed by atoms with Crippen LogP contribution in [-0.4, -0.2) is 71.8 Å². The van der Waals surface area contributed by atoms with Crippen LogP contribution in [0.1, 0.15) is 33.1 Å². The first-order valence-electron chi connectivity index (χ1n) is 7.37. The summed E-state index contributed by atoms with van der Waals surface area (Å²) in [4.78, 5) is 16.6. The van der Waals surface area contributed by atoms with E-state index in [1.54, 1.807) is 0 Å². The van der Waals surface area contributed by atoms with Crippen molar-refractivity contribution in [2.24, 2.45) is 0 Å². The number of carbonyl (C=O) groups is 1. The number of carbonyl (C=O) groups excluding carboxylic acids is 1. The van der Waals surface area contributed by atoms with E-state index in [4.69, 9.17) is 9.84 Å². The predicted molar refractivity (Wildman–Crippen MR) is 72.9 cm³/mol. The van der Waals surface area contributed by atoms with Crippen molar-refractivity contribution in [2.45, 2.75) is 51.3 Å². The van der Waals surface area contributed by atoms with Gasteiger partial charge in [-0.25, -0.2) is 0 Å². The predicted octanol–water partition coefficient (Wildman–Crippen LogP) is 0.469. The molecule has 0 aromatic rings. The fraction of sp³-hybridized carbons (Fsp3) is 0.929. The van der Waals surface area contributed by atoms with E-state index in [2.05, 4.69) is 18.7 Å². The highest BCUT2D eigenvalue weighted by Crippen LogP contribution is 2.22. The zero-order valence-corrected chi connectivity index (χ0v) is 12.0. The van der Waals surface area contributed by atoms with Crippen LogP contribution in [-0.2, 0) is 9.53 Å². The number of ether oxygens (including phenoxy) is 1. The smallest absolute Gasteiger partial charge is 0.237 e. The van der Waals surface area contributed by atoms with Gasteiger partial charge in [0.25, 0.3) is 0 Å². The molecular weight excluding hydrogens is 244 g/mol. The molecule has 1 N–H and O–H groups in total. The Kier molecular flexibility index (Phi) is 5.19. The minimum atomic E-state index is -0.141. The maximum Gasteiger partial charge on any atom is 0.237 e. The van der Waals surface area contributed by atoms with Crippen molar-refractivity contribution in [3.63, 3.8) is 0 Å². The van der Waals surface area contributed by atoms with E-state index in [0.29, 0.717) is 31.8 Å². The molecule has 5 nitrogen and oxygen atoms in total. The molecule has 3 atom stereocenters. The highest BCUT2D eigenvalue weighted by atomic mass is 16.5. The summed E-state index contributed by atoms with van der Waals surface area (Å²) in [6.07, 6.45) is 3.30. The molecule has 2 saturated heterocycles. The minimum absolute atomic E-state index is 0.0290. The third-order valence-electron chi connectivity index (χ3n) is 4.27. The molecule has 0 spiro atoms. The Bertz CT molecular complexity index is 301. The summed E-state index contributed by atoms with van der Waals surface area (Å²) >= 11 is 0. The second-order valence-corrected chi connectivity index (χ2v) is 5.84. The zero-order valence-electron chi connectivity index (χ0n) is 12.0. The molecule has 2 aliphatic rings. The highest BCUT2D eigenvalue weighted by molar-refractivity contribution is 5.79. The standard InChI is InChI=1S/C14H26N2O3/c1-11-4-3-5-12(2)16(11)14(18)9-15-6-7-19-13(8-15)10-17/h11-13,17H,3-10H2,1-2H3. The number of likely N-dealkylation sites (tertiary alicyclic amines) is 1. The molecule has 0 bridgehead atoms. The van der Waals surface area contributed by atoms with E-state index >= 15 is 0 Å². The summed E-state index contributed by atoms with van der Waals surface area (Å²) in [5, 5.41) is 9.13. The van der Waals surface area contributed by atoms with Crippen LogP contribution >= 0.6 is 0 Å². The molecule has 19 heavy (non-hydrogen) atoms. The number of piperidine rings is 1. The first kappa shape index (κ1) is 14.8. The normalized spacial score (nSPS) is 33.4. The van der Waals surface area contributed by atoms with Crippen molar-refractivity contribution in [2.75, 3.05) is 32.8 Å². The first-order chi connectivity index (χ1) is 9.11. The quantitative estimate of drug-likeness (QED) is 0.810. The Hall–Kier alpha value is -0.650. The first-order valence-corrected chi connectivity index (χ1v) is 7.37. The average Bonchev–Trinajstić information content (AvgIpc) is 2.38. The lowest BCUT2D eigenvalue weighted by atomic mass is 9.97. The van der Waals surface area contributed by atoms with Gasteiger partial charge in [-0.2, -0.15) is 0 Å². The third-order valence-corrected chi connectivity index (χ3v) is 4.27. The van der Waals surface area contributed by atoms with Gasteiger partial charge < -0.3 is 14.7 Å². The topological polar surface area (TPSA) is 53.0 Å². The number of aliphatic hydroxyl groups excluding tert-OH is 1. The maximum absolute atomic E-state index is 12.5. The number of rotatable bonds is 3. The molecule has 0 aromatic heterocycles. The fourth-order valence-electron chi connectivity index (χ4n) is 3.22. The Balaban J connectivity index is 1.89. The zero-order chi connectivity index (χ0) is 13.8. The highest BCUT2D eigenvalue weighted by Gasteiger charge is 2.30. The molecule has 2 fully saturated rings. The van der Waals surface area contributed by atoms with Gasteiger partial charge in [0.15, 0.2) is 0 Å². The lowest BCUT2D eigenvalue weighted by Gasteiger charge is -2.41. The van der Waals surface area contributed by atoms with Crippen LogP contribution in [0.4, 0.5) is 0 Å². The summed E-state index contributed by atoms with van der Waals surface area (Å²) in [5.74, 6) is 0.221. The molecule has 5 heteroatoms. The van der Waals surface area contributed by atoms with E-state index < -0.39 is 0 Å². The van der Waals surface area contributed by atoms with Gasteiger partial charge in [0.2, 0.25) is 5.91 Å². The Morgan fingerprint density at radius 2 is 2.00 bits per heavy atom. The lowest BCUT2D eigenvalue weighted by molar-refractivity contribution is -0.140. The maximum atomic E-state index is 12.5. The van der Waals surface area contributed by atoms with Gasteiger partial charge in [-0.05, 0) is 33.1 Å².